The molecule has 0 aliphatic carbocycles. The van der Waals surface area contributed by atoms with Crippen LogP contribution in [0.15, 0.2) is 35.1 Å². The van der Waals surface area contributed by atoms with Gasteiger partial charge in [-0.05, 0) is 34.1 Å². The van der Waals surface area contributed by atoms with Gasteiger partial charge in [-0.25, -0.2) is 9.97 Å². The van der Waals surface area contributed by atoms with E-state index in [4.69, 9.17) is 10.00 Å². The smallest absolute Gasteiger partial charge is 0.135 e. The summed E-state index contributed by atoms with van der Waals surface area (Å²) in [6.45, 7) is 0.199. The monoisotopic (exact) mass is 333 g/mol. The fraction of sp³-hybridized carbons (Fsp3) is 0.154. The molecule has 0 saturated heterocycles. The summed E-state index contributed by atoms with van der Waals surface area (Å²) in [6, 6.07) is 9.35. The van der Waals surface area contributed by atoms with Crippen molar-refractivity contribution in [2.75, 3.05) is 24.3 Å². The highest BCUT2D eigenvalue weighted by atomic mass is 79.9. The number of halogens is 1. The number of hydrogen-bond acceptors (Lipinski definition) is 6. The first kappa shape index (κ1) is 14.1. The molecular formula is C13H12BrN5O. The number of nitrogens with zero attached hydrogens (tertiary/aromatic N) is 3. The topological polar surface area (TPSA) is 82.9 Å². The third-order valence-electron chi connectivity index (χ3n) is 2.44. The summed E-state index contributed by atoms with van der Waals surface area (Å²) in [5, 5.41) is 14.5. The van der Waals surface area contributed by atoms with Crippen LogP contribution in [0, 0.1) is 11.3 Å². The van der Waals surface area contributed by atoms with Gasteiger partial charge in [0.25, 0.3) is 0 Å². The zero-order valence-electron chi connectivity index (χ0n) is 10.7. The van der Waals surface area contributed by atoms with Crippen molar-refractivity contribution in [3.05, 3.63) is 35.1 Å². The van der Waals surface area contributed by atoms with E-state index in [0.717, 1.165) is 15.9 Å². The molecule has 0 atom stereocenters. The second-order valence-corrected chi connectivity index (χ2v) is 4.63. The van der Waals surface area contributed by atoms with E-state index >= 15 is 0 Å². The van der Waals surface area contributed by atoms with Gasteiger partial charge in [0.05, 0.1) is 17.7 Å². The first-order valence-corrected chi connectivity index (χ1v) is 6.55. The van der Waals surface area contributed by atoms with Crippen LogP contribution >= 0.6 is 15.9 Å². The zero-order valence-corrected chi connectivity index (χ0v) is 12.3. The molecule has 2 N–H and O–H groups in total. The summed E-state index contributed by atoms with van der Waals surface area (Å²) in [6.07, 6.45) is 1.43. The van der Waals surface area contributed by atoms with Crippen LogP contribution in [0.5, 0.6) is 5.75 Å². The predicted molar refractivity (Wildman–Crippen MR) is 80.1 cm³/mol. The van der Waals surface area contributed by atoms with Gasteiger partial charge in [0, 0.05) is 11.8 Å². The van der Waals surface area contributed by atoms with Gasteiger partial charge in [-0.3, -0.25) is 0 Å². The molecular weight excluding hydrogens is 322 g/mol. The number of nitrogens with one attached hydrogen (secondary N) is 2. The molecule has 0 amide bonds. The number of methoxy groups -OCH3 is 1. The molecule has 7 heteroatoms. The number of nitriles is 1. The fourth-order valence-corrected chi connectivity index (χ4v) is 2.09. The molecule has 0 unspecified atom stereocenters. The van der Waals surface area contributed by atoms with Gasteiger partial charge < -0.3 is 15.4 Å². The van der Waals surface area contributed by atoms with E-state index in [1.807, 2.05) is 24.3 Å². The molecule has 0 saturated carbocycles. The number of hydrogen-bond donors (Lipinski definition) is 2. The maximum atomic E-state index is 8.52. The lowest BCUT2D eigenvalue weighted by Gasteiger charge is -2.09. The van der Waals surface area contributed by atoms with E-state index < -0.39 is 0 Å². The predicted octanol–water partition coefficient (Wildman–Crippen LogP) is 2.93. The molecule has 0 fully saturated rings. The van der Waals surface area contributed by atoms with Crippen LogP contribution in [-0.2, 0) is 0 Å². The largest absolute Gasteiger partial charge is 0.496 e. The van der Waals surface area contributed by atoms with Crippen LogP contribution in [0.2, 0.25) is 0 Å². The standard InChI is InChI=1S/C13H12BrN5O/c1-20-11-3-2-9(6-10(11)14)19-13-7-12(16-5-4-15)17-8-18-13/h2-3,6-8H,5H2,1H3,(H2,16,17,18,19). The molecule has 20 heavy (non-hydrogen) atoms. The molecule has 102 valence electrons. The summed E-state index contributed by atoms with van der Waals surface area (Å²) < 4.78 is 6.02. The van der Waals surface area contributed by atoms with E-state index in [-0.39, 0.29) is 6.54 Å². The minimum Gasteiger partial charge on any atom is -0.496 e. The quantitative estimate of drug-likeness (QED) is 0.818. The molecule has 1 aromatic carbocycles. The number of rotatable bonds is 5. The Balaban J connectivity index is 2.13. The Morgan fingerprint density at radius 1 is 1.30 bits per heavy atom. The van der Waals surface area contributed by atoms with Crippen LogP contribution < -0.4 is 15.4 Å². The summed E-state index contributed by atoms with van der Waals surface area (Å²) in [5.74, 6) is 1.99. The van der Waals surface area contributed by atoms with Gasteiger partial charge in [-0.1, -0.05) is 0 Å². The molecule has 0 spiro atoms. The van der Waals surface area contributed by atoms with Crippen molar-refractivity contribution in [1.82, 2.24) is 9.97 Å². The van der Waals surface area contributed by atoms with Gasteiger partial charge in [0.15, 0.2) is 0 Å². The second kappa shape index (κ2) is 6.73. The van der Waals surface area contributed by atoms with Crippen molar-refractivity contribution in [2.24, 2.45) is 0 Å². The second-order valence-electron chi connectivity index (χ2n) is 3.77. The molecule has 0 aliphatic rings. The Hall–Kier alpha value is -2.33. The molecule has 0 bridgehead atoms. The molecule has 2 aromatic rings. The highest BCUT2D eigenvalue weighted by Gasteiger charge is 2.03. The summed E-state index contributed by atoms with van der Waals surface area (Å²) in [4.78, 5) is 8.14. The number of benzene rings is 1. The van der Waals surface area contributed by atoms with Gasteiger partial charge in [-0.15, -0.1) is 0 Å². The lowest BCUT2D eigenvalue weighted by Crippen LogP contribution is -2.02. The number of aromatic nitrogens is 2. The van der Waals surface area contributed by atoms with Crippen molar-refractivity contribution in [1.29, 1.82) is 5.26 Å². The lowest BCUT2D eigenvalue weighted by atomic mass is 10.3. The molecule has 1 aromatic heterocycles. The minimum absolute atomic E-state index is 0.199. The maximum Gasteiger partial charge on any atom is 0.135 e. The summed E-state index contributed by atoms with van der Waals surface area (Å²) >= 11 is 3.42. The Morgan fingerprint density at radius 3 is 2.80 bits per heavy atom. The lowest BCUT2D eigenvalue weighted by molar-refractivity contribution is 0.412. The van der Waals surface area contributed by atoms with Crippen LogP contribution in [0.4, 0.5) is 17.3 Å². The fourth-order valence-electron chi connectivity index (χ4n) is 1.54. The third-order valence-corrected chi connectivity index (χ3v) is 3.06. The number of ether oxygens (including phenoxy) is 1. The van der Waals surface area contributed by atoms with E-state index in [0.29, 0.717) is 11.6 Å². The first-order chi connectivity index (χ1) is 9.72. The molecule has 0 radical (unpaired) electrons. The average Bonchev–Trinajstić information content (AvgIpc) is 2.46. The van der Waals surface area contributed by atoms with Crippen molar-refractivity contribution in [3.8, 4) is 11.8 Å². The molecule has 1 heterocycles. The van der Waals surface area contributed by atoms with Crippen LogP contribution in [-0.4, -0.2) is 23.6 Å². The zero-order chi connectivity index (χ0) is 14.4. The van der Waals surface area contributed by atoms with Crippen LogP contribution in [0.3, 0.4) is 0 Å². The normalized spacial score (nSPS) is 9.65. The average molecular weight is 334 g/mol. The van der Waals surface area contributed by atoms with Crippen molar-refractivity contribution >= 4 is 33.3 Å². The van der Waals surface area contributed by atoms with Crippen molar-refractivity contribution in [2.45, 2.75) is 0 Å². The van der Waals surface area contributed by atoms with Gasteiger partial charge in [0.2, 0.25) is 0 Å². The van der Waals surface area contributed by atoms with Gasteiger partial charge in [-0.2, -0.15) is 5.26 Å². The highest BCUT2D eigenvalue weighted by molar-refractivity contribution is 9.10. The minimum atomic E-state index is 0.199. The van der Waals surface area contributed by atoms with Crippen LogP contribution in [0.1, 0.15) is 0 Å². The van der Waals surface area contributed by atoms with E-state index in [2.05, 4.69) is 36.5 Å². The van der Waals surface area contributed by atoms with Crippen LogP contribution in [0.25, 0.3) is 0 Å². The molecule has 0 aliphatic heterocycles. The van der Waals surface area contributed by atoms with E-state index in [9.17, 15) is 0 Å². The summed E-state index contributed by atoms with van der Waals surface area (Å²) in [7, 11) is 1.62. The van der Waals surface area contributed by atoms with Gasteiger partial charge >= 0.3 is 0 Å². The Bertz CT molecular complexity index is 641. The third kappa shape index (κ3) is 3.59. The van der Waals surface area contributed by atoms with Crippen molar-refractivity contribution in [3.63, 3.8) is 0 Å². The maximum absolute atomic E-state index is 8.52. The Labute approximate surface area is 124 Å². The highest BCUT2D eigenvalue weighted by Crippen LogP contribution is 2.29. The molecule has 2 rings (SSSR count). The van der Waals surface area contributed by atoms with Crippen molar-refractivity contribution < 1.29 is 4.74 Å². The number of anilines is 3. The Kier molecular flexibility index (Phi) is 4.74. The first-order valence-electron chi connectivity index (χ1n) is 5.76. The molecule has 6 nitrogen and oxygen atoms in total. The van der Waals surface area contributed by atoms with E-state index in [1.54, 1.807) is 13.2 Å². The van der Waals surface area contributed by atoms with Gasteiger partial charge in [0.1, 0.15) is 30.3 Å². The van der Waals surface area contributed by atoms with E-state index in [1.165, 1.54) is 6.33 Å². The summed E-state index contributed by atoms with van der Waals surface area (Å²) in [5.41, 5.74) is 0.864. The Morgan fingerprint density at radius 2 is 2.10 bits per heavy atom. The SMILES string of the molecule is COc1ccc(Nc2cc(NCC#N)ncn2)cc1Br.